The van der Waals surface area contributed by atoms with Crippen LogP contribution in [0.25, 0.3) is 16.9 Å². The van der Waals surface area contributed by atoms with E-state index in [1.807, 2.05) is 47.6 Å². The maximum absolute atomic E-state index is 4.20. The second-order valence-corrected chi connectivity index (χ2v) is 5.84. The first-order chi connectivity index (χ1) is 12.4. The van der Waals surface area contributed by atoms with Crippen molar-refractivity contribution in [2.24, 2.45) is 0 Å². The van der Waals surface area contributed by atoms with Crippen molar-refractivity contribution in [2.75, 3.05) is 0 Å². The quantitative estimate of drug-likeness (QED) is 0.569. The number of nitrogens with one attached hydrogen (secondary N) is 2. The minimum absolute atomic E-state index is 0.749. The summed E-state index contributed by atoms with van der Waals surface area (Å²) in [4.78, 5) is 4.14. The number of H-pyrrole nitrogens is 1. The van der Waals surface area contributed by atoms with Crippen LogP contribution in [0.15, 0.2) is 79.5 Å². The van der Waals surface area contributed by atoms with Crippen LogP contribution in [0.3, 0.4) is 0 Å². The molecule has 2 heterocycles. The third-order valence-electron chi connectivity index (χ3n) is 4.19. The molecular formula is C20H19N5. The molecule has 0 unspecified atom stereocenters. The molecule has 4 rings (SSSR count). The molecule has 124 valence electrons. The van der Waals surface area contributed by atoms with Gasteiger partial charge in [0.05, 0.1) is 23.9 Å². The Morgan fingerprint density at radius 1 is 0.920 bits per heavy atom. The van der Waals surface area contributed by atoms with Crippen LogP contribution in [0.4, 0.5) is 0 Å². The Hall–Kier alpha value is -3.18. The van der Waals surface area contributed by atoms with Gasteiger partial charge >= 0.3 is 0 Å². The normalized spacial score (nSPS) is 10.9. The van der Waals surface area contributed by atoms with E-state index in [2.05, 4.69) is 50.8 Å². The maximum Gasteiger partial charge on any atom is 0.0991 e. The number of nitrogens with zero attached hydrogens (tertiary/aromatic N) is 3. The fourth-order valence-corrected chi connectivity index (χ4v) is 2.95. The predicted molar refractivity (Wildman–Crippen MR) is 98.1 cm³/mol. The molecule has 0 bridgehead atoms. The van der Waals surface area contributed by atoms with E-state index in [0.29, 0.717) is 0 Å². The number of benzene rings is 2. The Morgan fingerprint density at radius 3 is 2.56 bits per heavy atom. The molecule has 5 heteroatoms. The Morgan fingerprint density at radius 2 is 1.72 bits per heavy atom. The van der Waals surface area contributed by atoms with Crippen molar-refractivity contribution in [3.8, 4) is 16.9 Å². The molecule has 0 fully saturated rings. The Bertz CT molecular complexity index is 926. The van der Waals surface area contributed by atoms with Crippen LogP contribution in [0.1, 0.15) is 11.1 Å². The van der Waals surface area contributed by atoms with Gasteiger partial charge in [0.15, 0.2) is 0 Å². The lowest BCUT2D eigenvalue weighted by Crippen LogP contribution is -2.14. The summed E-state index contributed by atoms with van der Waals surface area (Å²) >= 11 is 0. The SMILES string of the molecule is c1ccc(-c2[nH]ncc2CNCc2ccccc2-n2ccnc2)cc1. The number of rotatable bonds is 6. The molecule has 0 atom stereocenters. The molecule has 0 saturated heterocycles. The van der Waals surface area contributed by atoms with Gasteiger partial charge in [-0.15, -0.1) is 0 Å². The molecule has 0 radical (unpaired) electrons. The average Bonchev–Trinajstić information content (AvgIpc) is 3.35. The molecule has 2 aromatic carbocycles. The third kappa shape index (κ3) is 3.36. The van der Waals surface area contributed by atoms with Crippen LogP contribution >= 0.6 is 0 Å². The van der Waals surface area contributed by atoms with Crippen LogP contribution in [-0.4, -0.2) is 19.7 Å². The van der Waals surface area contributed by atoms with Gasteiger partial charge in [0.25, 0.3) is 0 Å². The van der Waals surface area contributed by atoms with E-state index >= 15 is 0 Å². The summed E-state index contributed by atoms with van der Waals surface area (Å²) in [5, 5.41) is 10.8. The Kier molecular flexibility index (Phi) is 4.39. The molecule has 2 N–H and O–H groups in total. The minimum atomic E-state index is 0.749. The largest absolute Gasteiger partial charge is 0.308 e. The molecule has 0 aliphatic heterocycles. The number of hydrogen-bond acceptors (Lipinski definition) is 3. The fourth-order valence-electron chi connectivity index (χ4n) is 2.95. The van der Waals surface area contributed by atoms with Crippen molar-refractivity contribution in [1.82, 2.24) is 25.1 Å². The number of aromatic amines is 1. The highest BCUT2D eigenvalue weighted by atomic mass is 15.1. The lowest BCUT2D eigenvalue weighted by atomic mass is 10.1. The van der Waals surface area contributed by atoms with Gasteiger partial charge in [-0.1, -0.05) is 48.5 Å². The molecule has 0 saturated carbocycles. The summed E-state index contributed by atoms with van der Waals surface area (Å²) < 4.78 is 2.03. The van der Waals surface area contributed by atoms with E-state index < -0.39 is 0 Å². The van der Waals surface area contributed by atoms with E-state index in [9.17, 15) is 0 Å². The smallest absolute Gasteiger partial charge is 0.0991 e. The van der Waals surface area contributed by atoms with Crippen LogP contribution in [0.5, 0.6) is 0 Å². The van der Waals surface area contributed by atoms with Gasteiger partial charge in [-0.3, -0.25) is 5.10 Å². The monoisotopic (exact) mass is 329 g/mol. The van der Waals surface area contributed by atoms with Crippen LogP contribution < -0.4 is 5.32 Å². The number of aromatic nitrogens is 4. The highest BCUT2D eigenvalue weighted by Crippen LogP contribution is 2.21. The Balaban J connectivity index is 1.47. The topological polar surface area (TPSA) is 58.5 Å². The molecule has 0 amide bonds. The van der Waals surface area contributed by atoms with E-state index in [-0.39, 0.29) is 0 Å². The van der Waals surface area contributed by atoms with Crippen molar-refractivity contribution in [1.29, 1.82) is 0 Å². The zero-order valence-corrected chi connectivity index (χ0v) is 13.8. The van der Waals surface area contributed by atoms with Crippen molar-refractivity contribution in [3.05, 3.63) is 90.6 Å². The highest BCUT2D eigenvalue weighted by Gasteiger charge is 2.08. The van der Waals surface area contributed by atoms with E-state index in [0.717, 1.165) is 35.6 Å². The minimum Gasteiger partial charge on any atom is -0.308 e. The van der Waals surface area contributed by atoms with Gasteiger partial charge in [0, 0.05) is 31.0 Å². The second kappa shape index (κ2) is 7.15. The summed E-state index contributed by atoms with van der Waals surface area (Å²) in [6.45, 7) is 1.52. The first kappa shape index (κ1) is 15.4. The number of imidazole rings is 1. The van der Waals surface area contributed by atoms with Gasteiger partial charge in [-0.25, -0.2) is 4.98 Å². The zero-order chi connectivity index (χ0) is 16.9. The average molecular weight is 329 g/mol. The van der Waals surface area contributed by atoms with Crippen LogP contribution in [0, 0.1) is 0 Å². The predicted octanol–water partition coefficient (Wildman–Crippen LogP) is 3.55. The van der Waals surface area contributed by atoms with Crippen molar-refractivity contribution < 1.29 is 0 Å². The number of hydrogen-bond donors (Lipinski definition) is 2. The van der Waals surface area contributed by atoms with Gasteiger partial charge in [0.2, 0.25) is 0 Å². The lowest BCUT2D eigenvalue weighted by molar-refractivity contribution is 0.691. The van der Waals surface area contributed by atoms with E-state index in [1.165, 1.54) is 5.56 Å². The standard InChI is InChI=1S/C20H19N5/c1-2-6-16(7-3-1)20-18(14-23-24-20)13-22-12-17-8-4-5-9-19(17)25-11-10-21-15-25/h1-11,14-15,22H,12-13H2,(H,23,24). The van der Waals surface area contributed by atoms with E-state index in [4.69, 9.17) is 0 Å². The fraction of sp³-hybridized carbons (Fsp3) is 0.100. The maximum atomic E-state index is 4.20. The van der Waals surface area contributed by atoms with Crippen molar-refractivity contribution in [3.63, 3.8) is 0 Å². The lowest BCUT2D eigenvalue weighted by Gasteiger charge is -2.11. The van der Waals surface area contributed by atoms with E-state index in [1.54, 1.807) is 6.20 Å². The summed E-state index contributed by atoms with van der Waals surface area (Å²) in [5.74, 6) is 0. The molecule has 4 aromatic rings. The zero-order valence-electron chi connectivity index (χ0n) is 13.8. The first-order valence-electron chi connectivity index (χ1n) is 8.26. The van der Waals surface area contributed by atoms with Crippen LogP contribution in [-0.2, 0) is 13.1 Å². The summed E-state index contributed by atoms with van der Waals surface area (Å²) in [6.07, 6.45) is 7.46. The molecule has 2 aromatic heterocycles. The van der Waals surface area contributed by atoms with Gasteiger partial charge in [0.1, 0.15) is 0 Å². The molecule has 25 heavy (non-hydrogen) atoms. The summed E-state index contributed by atoms with van der Waals surface area (Å²) in [5.41, 5.74) is 5.74. The second-order valence-electron chi connectivity index (χ2n) is 5.84. The van der Waals surface area contributed by atoms with Gasteiger partial charge in [-0.05, 0) is 17.2 Å². The van der Waals surface area contributed by atoms with Gasteiger partial charge in [-0.2, -0.15) is 5.10 Å². The Labute approximate surface area is 146 Å². The highest BCUT2D eigenvalue weighted by molar-refractivity contribution is 5.62. The first-order valence-corrected chi connectivity index (χ1v) is 8.26. The molecule has 5 nitrogen and oxygen atoms in total. The molecular weight excluding hydrogens is 310 g/mol. The van der Waals surface area contributed by atoms with Crippen molar-refractivity contribution >= 4 is 0 Å². The number of para-hydroxylation sites is 1. The van der Waals surface area contributed by atoms with Crippen LogP contribution in [0.2, 0.25) is 0 Å². The summed E-state index contributed by atoms with van der Waals surface area (Å²) in [7, 11) is 0. The van der Waals surface area contributed by atoms with Crippen molar-refractivity contribution in [2.45, 2.75) is 13.1 Å². The molecule has 0 aliphatic carbocycles. The van der Waals surface area contributed by atoms with Gasteiger partial charge < -0.3 is 9.88 Å². The molecule has 0 aliphatic rings. The third-order valence-corrected chi connectivity index (χ3v) is 4.19. The molecule has 0 spiro atoms. The summed E-state index contributed by atoms with van der Waals surface area (Å²) in [6, 6.07) is 18.6.